The smallest absolute Gasteiger partial charge is 0.202 e. The van der Waals surface area contributed by atoms with Gasteiger partial charge in [0, 0.05) is 18.6 Å². The van der Waals surface area contributed by atoms with Crippen LogP contribution in [-0.2, 0) is 11.3 Å². The van der Waals surface area contributed by atoms with Crippen LogP contribution in [0.25, 0.3) is 0 Å². The molecule has 6 heteroatoms. The van der Waals surface area contributed by atoms with E-state index in [0.29, 0.717) is 18.3 Å². The summed E-state index contributed by atoms with van der Waals surface area (Å²) >= 11 is 1.29. The van der Waals surface area contributed by atoms with E-state index in [0.717, 1.165) is 5.13 Å². The molecular weight excluding hydrogens is 214 g/mol. The first-order chi connectivity index (χ1) is 7.17. The number of aliphatic hydroxyl groups excluding tert-OH is 1. The minimum absolute atomic E-state index is 0.0216. The van der Waals surface area contributed by atoms with Gasteiger partial charge in [-0.2, -0.15) is 4.37 Å². The number of ether oxygens (including phenoxy) is 1. The van der Waals surface area contributed by atoms with Crippen molar-refractivity contribution < 1.29 is 9.84 Å². The first kappa shape index (κ1) is 12.4. The van der Waals surface area contributed by atoms with Crippen LogP contribution in [0, 0.1) is 5.92 Å². The summed E-state index contributed by atoms with van der Waals surface area (Å²) in [7, 11) is 1.61. The summed E-state index contributed by atoms with van der Waals surface area (Å²) in [5.74, 6) is 1.02. The Morgan fingerprint density at radius 1 is 1.53 bits per heavy atom. The standard InChI is InChI=1S/C9H17N3O2S/c1-6(2)7(4-13)10-9-11-8(5-14-3)12-15-9/h6-7,13H,4-5H2,1-3H3,(H,10,11,12)/t7-/m1/s1. The maximum atomic E-state index is 9.14. The van der Waals surface area contributed by atoms with Crippen molar-refractivity contribution in [1.82, 2.24) is 9.36 Å². The van der Waals surface area contributed by atoms with Gasteiger partial charge in [0.2, 0.25) is 5.13 Å². The quantitative estimate of drug-likeness (QED) is 0.767. The Balaban J connectivity index is 2.55. The van der Waals surface area contributed by atoms with Crippen LogP contribution in [-0.4, -0.2) is 34.2 Å². The maximum absolute atomic E-state index is 9.14. The predicted molar refractivity (Wildman–Crippen MR) is 60.0 cm³/mol. The highest BCUT2D eigenvalue weighted by molar-refractivity contribution is 7.09. The van der Waals surface area contributed by atoms with E-state index in [9.17, 15) is 0 Å². The molecule has 0 bridgehead atoms. The molecule has 0 aromatic carbocycles. The van der Waals surface area contributed by atoms with Crippen LogP contribution in [0.15, 0.2) is 0 Å². The van der Waals surface area contributed by atoms with Crippen LogP contribution in [0.2, 0.25) is 0 Å². The first-order valence-electron chi connectivity index (χ1n) is 4.86. The van der Waals surface area contributed by atoms with Crippen molar-refractivity contribution in [2.24, 2.45) is 5.92 Å². The fourth-order valence-electron chi connectivity index (χ4n) is 1.08. The van der Waals surface area contributed by atoms with Gasteiger partial charge in [0.1, 0.15) is 6.61 Å². The summed E-state index contributed by atoms with van der Waals surface area (Å²) in [5.41, 5.74) is 0. The van der Waals surface area contributed by atoms with Crippen molar-refractivity contribution >= 4 is 16.7 Å². The SMILES string of the molecule is COCc1nsc(N[C@H](CO)C(C)C)n1. The minimum atomic E-state index is 0.0216. The highest BCUT2D eigenvalue weighted by Gasteiger charge is 2.14. The number of aromatic nitrogens is 2. The second-order valence-electron chi connectivity index (χ2n) is 3.63. The van der Waals surface area contributed by atoms with E-state index in [4.69, 9.17) is 9.84 Å². The Kier molecular flexibility index (Phi) is 4.93. The van der Waals surface area contributed by atoms with Crippen molar-refractivity contribution in [3.8, 4) is 0 Å². The predicted octanol–water partition coefficient (Wildman–Crippen LogP) is 1.11. The van der Waals surface area contributed by atoms with Crippen molar-refractivity contribution in [3.05, 3.63) is 5.82 Å². The molecule has 0 unspecified atom stereocenters. The van der Waals surface area contributed by atoms with Crippen molar-refractivity contribution in [2.75, 3.05) is 19.0 Å². The van der Waals surface area contributed by atoms with Gasteiger partial charge in [-0.3, -0.25) is 0 Å². The molecule has 86 valence electrons. The molecule has 0 aliphatic rings. The van der Waals surface area contributed by atoms with Crippen LogP contribution >= 0.6 is 11.5 Å². The molecule has 0 fully saturated rings. The van der Waals surface area contributed by atoms with Crippen LogP contribution in [0.5, 0.6) is 0 Å². The normalized spacial score (nSPS) is 13.1. The summed E-state index contributed by atoms with van der Waals surface area (Å²) in [6, 6.07) is 0.0216. The Hall–Kier alpha value is -0.720. The average molecular weight is 231 g/mol. The van der Waals surface area contributed by atoms with E-state index in [1.54, 1.807) is 7.11 Å². The van der Waals surface area contributed by atoms with Gasteiger partial charge in [0.25, 0.3) is 0 Å². The molecule has 1 atom stereocenters. The van der Waals surface area contributed by atoms with Gasteiger partial charge in [0.15, 0.2) is 5.82 Å². The number of aliphatic hydroxyl groups is 1. The number of nitrogens with one attached hydrogen (secondary N) is 1. The molecule has 0 saturated heterocycles. The van der Waals surface area contributed by atoms with Gasteiger partial charge in [-0.1, -0.05) is 13.8 Å². The molecule has 1 aromatic rings. The lowest BCUT2D eigenvalue weighted by molar-refractivity contribution is 0.179. The van der Waals surface area contributed by atoms with Gasteiger partial charge in [0.05, 0.1) is 12.6 Å². The molecule has 0 aliphatic carbocycles. The third-order valence-electron chi connectivity index (χ3n) is 2.05. The maximum Gasteiger partial charge on any atom is 0.202 e. The Bertz CT molecular complexity index is 291. The van der Waals surface area contributed by atoms with E-state index < -0.39 is 0 Å². The monoisotopic (exact) mass is 231 g/mol. The summed E-state index contributed by atoms with van der Waals surface area (Å²) in [5, 5.41) is 13.0. The molecule has 1 aromatic heterocycles. The highest BCUT2D eigenvalue weighted by atomic mass is 32.1. The third-order valence-corrected chi connectivity index (χ3v) is 2.74. The molecule has 0 saturated carbocycles. The fraction of sp³-hybridized carbons (Fsp3) is 0.778. The Labute approximate surface area is 93.7 Å². The molecule has 5 nitrogen and oxygen atoms in total. The zero-order valence-electron chi connectivity index (χ0n) is 9.23. The molecule has 0 radical (unpaired) electrons. The van der Waals surface area contributed by atoms with E-state index >= 15 is 0 Å². The van der Waals surface area contributed by atoms with Gasteiger partial charge in [-0.25, -0.2) is 4.98 Å². The summed E-state index contributed by atoms with van der Waals surface area (Å²) in [4.78, 5) is 4.23. The molecule has 0 spiro atoms. The van der Waals surface area contributed by atoms with Crippen molar-refractivity contribution in [3.63, 3.8) is 0 Å². The zero-order chi connectivity index (χ0) is 11.3. The van der Waals surface area contributed by atoms with Gasteiger partial charge >= 0.3 is 0 Å². The van der Waals surface area contributed by atoms with Crippen LogP contribution < -0.4 is 5.32 Å². The van der Waals surface area contributed by atoms with Crippen LogP contribution in [0.3, 0.4) is 0 Å². The van der Waals surface area contributed by atoms with Crippen molar-refractivity contribution in [1.29, 1.82) is 0 Å². The lowest BCUT2D eigenvalue weighted by Gasteiger charge is -2.18. The molecule has 0 amide bonds. The molecule has 1 rings (SSSR count). The number of nitrogens with zero attached hydrogens (tertiary/aromatic N) is 2. The first-order valence-corrected chi connectivity index (χ1v) is 5.63. The summed E-state index contributed by atoms with van der Waals surface area (Å²) < 4.78 is 9.04. The number of anilines is 1. The summed E-state index contributed by atoms with van der Waals surface area (Å²) in [6.07, 6.45) is 0. The van der Waals surface area contributed by atoms with Gasteiger partial charge in [-0.15, -0.1) is 0 Å². The minimum Gasteiger partial charge on any atom is -0.394 e. The number of hydrogen-bond acceptors (Lipinski definition) is 6. The van der Waals surface area contributed by atoms with Crippen LogP contribution in [0.1, 0.15) is 19.7 Å². The fourth-order valence-corrected chi connectivity index (χ4v) is 1.72. The molecule has 15 heavy (non-hydrogen) atoms. The van der Waals surface area contributed by atoms with Crippen molar-refractivity contribution in [2.45, 2.75) is 26.5 Å². The van der Waals surface area contributed by atoms with E-state index in [2.05, 4.69) is 14.7 Å². The van der Waals surface area contributed by atoms with E-state index in [1.165, 1.54) is 11.5 Å². The lowest BCUT2D eigenvalue weighted by atomic mass is 10.1. The summed E-state index contributed by atoms with van der Waals surface area (Å²) in [6.45, 7) is 4.61. The second-order valence-corrected chi connectivity index (χ2v) is 4.38. The molecular formula is C9H17N3O2S. The highest BCUT2D eigenvalue weighted by Crippen LogP contribution is 2.15. The van der Waals surface area contributed by atoms with Crippen LogP contribution in [0.4, 0.5) is 5.13 Å². The second kappa shape index (κ2) is 5.99. The Morgan fingerprint density at radius 3 is 2.80 bits per heavy atom. The van der Waals surface area contributed by atoms with Gasteiger partial charge in [-0.05, 0) is 5.92 Å². The van der Waals surface area contributed by atoms with E-state index in [-0.39, 0.29) is 12.6 Å². The topological polar surface area (TPSA) is 67.3 Å². The third kappa shape index (κ3) is 3.73. The molecule has 2 N–H and O–H groups in total. The zero-order valence-corrected chi connectivity index (χ0v) is 10.0. The Morgan fingerprint density at radius 2 is 2.27 bits per heavy atom. The largest absolute Gasteiger partial charge is 0.394 e. The number of hydrogen-bond donors (Lipinski definition) is 2. The van der Waals surface area contributed by atoms with Gasteiger partial charge < -0.3 is 15.2 Å². The molecule has 0 aliphatic heterocycles. The number of rotatable bonds is 6. The number of methoxy groups -OCH3 is 1. The lowest BCUT2D eigenvalue weighted by Crippen LogP contribution is -2.29. The average Bonchev–Trinajstić information content (AvgIpc) is 2.62. The molecule has 1 heterocycles. The van der Waals surface area contributed by atoms with E-state index in [1.807, 2.05) is 13.8 Å².